The normalized spacial score (nSPS) is 9.76. The van der Waals surface area contributed by atoms with Crippen molar-refractivity contribution >= 4 is 29.0 Å². The summed E-state index contributed by atoms with van der Waals surface area (Å²) >= 11 is 6.01. The zero-order valence-electron chi connectivity index (χ0n) is 11.2. The van der Waals surface area contributed by atoms with Crippen LogP contribution in [-0.4, -0.2) is 22.4 Å². The van der Waals surface area contributed by atoms with E-state index in [1.165, 1.54) is 18.5 Å². The molecule has 1 aromatic carbocycles. The minimum atomic E-state index is -0.422. The first-order valence-electron chi connectivity index (χ1n) is 6.21. The van der Waals surface area contributed by atoms with Gasteiger partial charge in [0.25, 0.3) is 5.91 Å². The summed E-state index contributed by atoms with van der Waals surface area (Å²) in [5.41, 5.74) is 1.01. The third kappa shape index (κ3) is 3.68. The van der Waals surface area contributed by atoms with E-state index in [1.54, 1.807) is 12.1 Å². The molecule has 0 saturated heterocycles. The summed E-state index contributed by atoms with van der Waals surface area (Å²) in [5, 5.41) is 14.7. The van der Waals surface area contributed by atoms with Crippen LogP contribution >= 0.6 is 11.6 Å². The number of nitrogens with zero attached hydrogens (tertiary/aromatic N) is 3. The number of amides is 1. The SMILES string of the molecule is CCNc1cncc(C(=O)Nc2ccc(C#N)cc2Cl)n1. The Hall–Kier alpha value is -2.65. The van der Waals surface area contributed by atoms with Gasteiger partial charge in [-0.15, -0.1) is 0 Å². The van der Waals surface area contributed by atoms with Crippen molar-refractivity contribution in [2.45, 2.75) is 6.92 Å². The van der Waals surface area contributed by atoms with Gasteiger partial charge in [0.1, 0.15) is 11.5 Å². The molecular formula is C14H12ClN5O. The van der Waals surface area contributed by atoms with Crippen LogP contribution in [0.2, 0.25) is 5.02 Å². The fraction of sp³-hybridized carbons (Fsp3) is 0.143. The zero-order chi connectivity index (χ0) is 15.2. The number of nitrogens with one attached hydrogen (secondary N) is 2. The average Bonchev–Trinajstić information content (AvgIpc) is 2.50. The Morgan fingerprint density at radius 2 is 2.24 bits per heavy atom. The molecule has 0 radical (unpaired) electrons. The molecule has 21 heavy (non-hydrogen) atoms. The summed E-state index contributed by atoms with van der Waals surface area (Å²) in [6, 6.07) is 6.60. The second-order valence-electron chi connectivity index (χ2n) is 4.08. The van der Waals surface area contributed by atoms with Crippen LogP contribution in [0.15, 0.2) is 30.6 Å². The van der Waals surface area contributed by atoms with Gasteiger partial charge in [0.05, 0.1) is 34.7 Å². The van der Waals surface area contributed by atoms with Crippen molar-refractivity contribution < 1.29 is 4.79 Å². The quantitative estimate of drug-likeness (QED) is 0.906. The van der Waals surface area contributed by atoms with E-state index in [-0.39, 0.29) is 10.7 Å². The van der Waals surface area contributed by atoms with Gasteiger partial charge in [-0.25, -0.2) is 4.98 Å². The van der Waals surface area contributed by atoms with Crippen LogP contribution in [0.25, 0.3) is 0 Å². The molecule has 0 aliphatic carbocycles. The highest BCUT2D eigenvalue weighted by Crippen LogP contribution is 2.23. The zero-order valence-corrected chi connectivity index (χ0v) is 12.0. The highest BCUT2D eigenvalue weighted by atomic mass is 35.5. The Morgan fingerprint density at radius 1 is 1.43 bits per heavy atom. The Labute approximate surface area is 126 Å². The molecule has 0 aliphatic rings. The molecule has 106 valence electrons. The van der Waals surface area contributed by atoms with E-state index in [9.17, 15) is 4.79 Å². The highest BCUT2D eigenvalue weighted by Gasteiger charge is 2.11. The maximum Gasteiger partial charge on any atom is 0.275 e. The number of hydrogen-bond donors (Lipinski definition) is 2. The molecule has 0 atom stereocenters. The van der Waals surface area contributed by atoms with E-state index >= 15 is 0 Å². The van der Waals surface area contributed by atoms with Crippen LogP contribution in [0.4, 0.5) is 11.5 Å². The van der Waals surface area contributed by atoms with Gasteiger partial charge < -0.3 is 10.6 Å². The van der Waals surface area contributed by atoms with Crippen LogP contribution in [0, 0.1) is 11.3 Å². The summed E-state index contributed by atoms with van der Waals surface area (Å²) < 4.78 is 0. The third-order valence-electron chi connectivity index (χ3n) is 2.57. The number of nitriles is 1. The lowest BCUT2D eigenvalue weighted by Crippen LogP contribution is -2.15. The predicted octanol–water partition coefficient (Wildman–Crippen LogP) is 2.69. The lowest BCUT2D eigenvalue weighted by molar-refractivity contribution is 0.102. The number of carbonyl (C=O) groups is 1. The van der Waals surface area contributed by atoms with Gasteiger partial charge in [0, 0.05) is 6.54 Å². The molecular weight excluding hydrogens is 290 g/mol. The molecule has 7 heteroatoms. The maximum atomic E-state index is 12.1. The van der Waals surface area contributed by atoms with Crippen LogP contribution < -0.4 is 10.6 Å². The first-order chi connectivity index (χ1) is 10.1. The largest absolute Gasteiger partial charge is 0.369 e. The number of benzene rings is 1. The topological polar surface area (TPSA) is 90.7 Å². The summed E-state index contributed by atoms with van der Waals surface area (Å²) in [5.74, 6) is 0.102. The summed E-state index contributed by atoms with van der Waals surface area (Å²) in [6.07, 6.45) is 2.91. The minimum Gasteiger partial charge on any atom is -0.369 e. The third-order valence-corrected chi connectivity index (χ3v) is 2.88. The summed E-state index contributed by atoms with van der Waals surface area (Å²) in [6.45, 7) is 2.60. The Balaban J connectivity index is 2.18. The van der Waals surface area contributed by atoms with Crippen molar-refractivity contribution in [3.63, 3.8) is 0 Å². The standard InChI is InChI=1S/C14H12ClN5O/c1-2-18-13-8-17-7-12(19-13)14(21)20-11-4-3-9(6-16)5-10(11)15/h3-5,7-8H,2H2,1H3,(H,18,19)(H,20,21). The molecule has 0 aliphatic heterocycles. The molecule has 0 bridgehead atoms. The van der Waals surface area contributed by atoms with E-state index in [0.717, 1.165) is 0 Å². The van der Waals surface area contributed by atoms with E-state index in [4.69, 9.17) is 16.9 Å². The molecule has 0 spiro atoms. The minimum absolute atomic E-state index is 0.175. The van der Waals surface area contributed by atoms with Gasteiger partial charge in [-0.2, -0.15) is 5.26 Å². The Morgan fingerprint density at radius 3 is 2.90 bits per heavy atom. The highest BCUT2D eigenvalue weighted by molar-refractivity contribution is 6.34. The van der Waals surface area contributed by atoms with Crippen LogP contribution in [0.5, 0.6) is 0 Å². The number of hydrogen-bond acceptors (Lipinski definition) is 5. The molecule has 1 aromatic heterocycles. The predicted molar refractivity (Wildman–Crippen MR) is 80.3 cm³/mol. The Kier molecular flexibility index (Phi) is 4.69. The lowest BCUT2D eigenvalue weighted by Gasteiger charge is -2.08. The smallest absolute Gasteiger partial charge is 0.275 e. The van der Waals surface area contributed by atoms with E-state index in [1.807, 2.05) is 13.0 Å². The number of aromatic nitrogens is 2. The van der Waals surface area contributed by atoms with E-state index < -0.39 is 5.91 Å². The molecule has 0 fully saturated rings. The van der Waals surface area contributed by atoms with Gasteiger partial charge >= 0.3 is 0 Å². The van der Waals surface area contributed by atoms with Crippen LogP contribution in [-0.2, 0) is 0 Å². The van der Waals surface area contributed by atoms with Gasteiger partial charge in [0.15, 0.2) is 0 Å². The molecule has 0 saturated carbocycles. The van der Waals surface area contributed by atoms with E-state index in [0.29, 0.717) is 23.6 Å². The van der Waals surface area contributed by atoms with Crippen LogP contribution in [0.1, 0.15) is 23.0 Å². The van der Waals surface area contributed by atoms with Crippen molar-refractivity contribution in [3.05, 3.63) is 46.9 Å². The Bertz CT molecular complexity index is 711. The van der Waals surface area contributed by atoms with E-state index in [2.05, 4.69) is 20.6 Å². The fourth-order valence-electron chi connectivity index (χ4n) is 1.61. The number of carbonyl (C=O) groups excluding carboxylic acids is 1. The van der Waals surface area contributed by atoms with Gasteiger partial charge in [-0.05, 0) is 25.1 Å². The molecule has 6 nitrogen and oxygen atoms in total. The second-order valence-corrected chi connectivity index (χ2v) is 4.49. The number of rotatable bonds is 4. The molecule has 1 heterocycles. The van der Waals surface area contributed by atoms with Gasteiger partial charge in [0.2, 0.25) is 0 Å². The first-order valence-corrected chi connectivity index (χ1v) is 6.58. The molecule has 1 amide bonds. The number of halogens is 1. The number of anilines is 2. The molecule has 2 aromatic rings. The monoisotopic (exact) mass is 301 g/mol. The average molecular weight is 302 g/mol. The van der Waals surface area contributed by atoms with Crippen molar-refractivity contribution in [1.29, 1.82) is 5.26 Å². The summed E-state index contributed by atoms with van der Waals surface area (Å²) in [7, 11) is 0. The fourth-order valence-corrected chi connectivity index (χ4v) is 1.84. The van der Waals surface area contributed by atoms with Crippen molar-refractivity contribution in [3.8, 4) is 6.07 Å². The molecule has 0 unspecified atom stereocenters. The molecule has 2 N–H and O–H groups in total. The maximum absolute atomic E-state index is 12.1. The first kappa shape index (κ1) is 14.8. The van der Waals surface area contributed by atoms with Crippen molar-refractivity contribution in [1.82, 2.24) is 9.97 Å². The van der Waals surface area contributed by atoms with Crippen LogP contribution in [0.3, 0.4) is 0 Å². The van der Waals surface area contributed by atoms with Crippen molar-refractivity contribution in [2.24, 2.45) is 0 Å². The van der Waals surface area contributed by atoms with Crippen molar-refractivity contribution in [2.75, 3.05) is 17.2 Å². The summed E-state index contributed by atoms with van der Waals surface area (Å²) in [4.78, 5) is 20.2. The van der Waals surface area contributed by atoms with Gasteiger partial charge in [-0.3, -0.25) is 9.78 Å². The second kappa shape index (κ2) is 6.68. The van der Waals surface area contributed by atoms with Gasteiger partial charge in [-0.1, -0.05) is 11.6 Å². The molecule has 2 rings (SSSR count). The lowest BCUT2D eigenvalue weighted by atomic mass is 10.2.